The highest BCUT2D eigenvalue weighted by Gasteiger charge is 2.39. The van der Waals surface area contributed by atoms with E-state index >= 15 is 0 Å². The van der Waals surface area contributed by atoms with Gasteiger partial charge in [-0.05, 0) is 44.9 Å². The first-order chi connectivity index (χ1) is 10.7. The zero-order valence-electron chi connectivity index (χ0n) is 13.7. The minimum atomic E-state index is -2.58. The minimum absolute atomic E-state index is 0.335. The Hall–Kier alpha value is -0.923. The molecule has 6 heteroatoms. The molecule has 1 heterocycles. The van der Waals surface area contributed by atoms with Crippen molar-refractivity contribution in [1.29, 1.82) is 0 Å². The normalized spacial score (nSPS) is 14.5. The van der Waals surface area contributed by atoms with Gasteiger partial charge < -0.3 is 22.8 Å². The Bertz CT molecular complexity index is 449. The van der Waals surface area contributed by atoms with Crippen LogP contribution < -0.4 is 4.74 Å². The molecule has 22 heavy (non-hydrogen) atoms. The van der Waals surface area contributed by atoms with Gasteiger partial charge in [-0.25, -0.2) is 0 Å². The Morgan fingerprint density at radius 1 is 1.05 bits per heavy atom. The van der Waals surface area contributed by atoms with E-state index in [1.54, 1.807) is 0 Å². The molecule has 124 valence electrons. The number of aryl methyl sites for hydroxylation is 1. The van der Waals surface area contributed by atoms with Gasteiger partial charge in [0.15, 0.2) is 6.79 Å². The molecule has 0 radical (unpaired) electrons. The molecule has 5 nitrogen and oxygen atoms in total. The lowest BCUT2D eigenvalue weighted by molar-refractivity contribution is -0.0164. The summed E-state index contributed by atoms with van der Waals surface area (Å²) in [6.45, 7) is 8.71. The number of hydrogen-bond acceptors (Lipinski definition) is 5. The first-order valence-corrected chi connectivity index (χ1v) is 9.90. The molecule has 0 saturated carbocycles. The summed E-state index contributed by atoms with van der Waals surface area (Å²) in [5.41, 5.74) is 2.32. The van der Waals surface area contributed by atoms with E-state index in [9.17, 15) is 0 Å². The number of hydrogen-bond donors (Lipinski definition) is 0. The molecule has 1 aliphatic rings. The van der Waals surface area contributed by atoms with Gasteiger partial charge in [0, 0.05) is 31.4 Å². The summed E-state index contributed by atoms with van der Waals surface area (Å²) in [5.74, 6) is 0.915. The maximum atomic E-state index is 5.89. The van der Waals surface area contributed by atoms with Crippen LogP contribution in [0, 0.1) is 0 Å². The maximum absolute atomic E-state index is 5.89. The Labute approximate surface area is 133 Å². The van der Waals surface area contributed by atoms with E-state index < -0.39 is 8.80 Å². The Morgan fingerprint density at radius 2 is 1.73 bits per heavy atom. The lowest BCUT2D eigenvalue weighted by Gasteiger charge is -2.28. The summed E-state index contributed by atoms with van der Waals surface area (Å²) in [7, 11) is -2.58. The molecule has 0 fully saturated rings. The molecule has 0 atom stereocenters. The lowest BCUT2D eigenvalue weighted by atomic mass is 10.1. The second-order valence-corrected chi connectivity index (χ2v) is 7.77. The average Bonchev–Trinajstić information content (AvgIpc) is 2.53. The summed E-state index contributed by atoms with van der Waals surface area (Å²) < 4.78 is 28.4. The summed E-state index contributed by atoms with van der Waals surface area (Å²) in [5, 5.41) is 0. The third-order valence-corrected chi connectivity index (χ3v) is 6.54. The highest BCUT2D eigenvalue weighted by Crippen LogP contribution is 2.26. The monoisotopic (exact) mass is 326 g/mol. The van der Waals surface area contributed by atoms with Crippen LogP contribution in [0.2, 0.25) is 6.04 Å². The van der Waals surface area contributed by atoms with Crippen molar-refractivity contribution in [2.24, 2.45) is 0 Å². The molecule has 0 N–H and O–H groups in total. The van der Waals surface area contributed by atoms with E-state index in [2.05, 4.69) is 12.1 Å². The third-order valence-electron chi connectivity index (χ3n) is 3.49. The van der Waals surface area contributed by atoms with Crippen molar-refractivity contribution in [3.8, 4) is 5.75 Å². The third kappa shape index (κ3) is 4.53. The van der Waals surface area contributed by atoms with Crippen molar-refractivity contribution >= 4 is 8.80 Å². The van der Waals surface area contributed by atoms with Crippen LogP contribution in [0.3, 0.4) is 0 Å². The van der Waals surface area contributed by atoms with Gasteiger partial charge in [-0.1, -0.05) is 6.07 Å². The van der Waals surface area contributed by atoms with Crippen LogP contribution in [0.5, 0.6) is 5.75 Å². The number of ether oxygens (including phenoxy) is 2. The number of fused-ring (bicyclic) bond motifs is 1. The number of rotatable bonds is 9. The molecule has 1 aromatic carbocycles. The predicted molar refractivity (Wildman–Crippen MR) is 85.9 cm³/mol. The van der Waals surface area contributed by atoms with E-state index in [0.717, 1.165) is 23.8 Å². The lowest BCUT2D eigenvalue weighted by Crippen LogP contribution is -2.46. The van der Waals surface area contributed by atoms with E-state index in [-0.39, 0.29) is 0 Å². The fraction of sp³-hybridized carbons (Fsp3) is 0.625. The quantitative estimate of drug-likeness (QED) is 0.652. The Morgan fingerprint density at radius 3 is 2.36 bits per heavy atom. The predicted octanol–water partition coefficient (Wildman–Crippen LogP) is 3.14. The van der Waals surface area contributed by atoms with Crippen LogP contribution in [-0.2, 0) is 31.0 Å². The van der Waals surface area contributed by atoms with Gasteiger partial charge in [0.1, 0.15) is 5.75 Å². The fourth-order valence-corrected chi connectivity index (χ4v) is 5.19. The summed E-state index contributed by atoms with van der Waals surface area (Å²) >= 11 is 0. The van der Waals surface area contributed by atoms with Gasteiger partial charge in [-0.15, -0.1) is 0 Å². The van der Waals surface area contributed by atoms with Crippen molar-refractivity contribution in [3.05, 3.63) is 29.3 Å². The molecular formula is C16H26O5Si. The van der Waals surface area contributed by atoms with Crippen LogP contribution in [-0.4, -0.2) is 35.4 Å². The molecule has 0 unspecified atom stereocenters. The van der Waals surface area contributed by atoms with Gasteiger partial charge in [0.2, 0.25) is 0 Å². The summed E-state index contributed by atoms with van der Waals surface area (Å²) in [6, 6.07) is 7.02. The van der Waals surface area contributed by atoms with Crippen molar-refractivity contribution in [1.82, 2.24) is 0 Å². The SMILES string of the molecule is CCO[Si](CCc1ccc2c(c1)COCO2)(OCC)OCC. The molecule has 0 bridgehead atoms. The Balaban J connectivity index is 2.04. The second kappa shape index (κ2) is 8.64. The van der Waals surface area contributed by atoms with Crippen LogP contribution in [0.4, 0.5) is 0 Å². The maximum Gasteiger partial charge on any atom is 0.501 e. The van der Waals surface area contributed by atoms with Crippen molar-refractivity contribution in [2.45, 2.75) is 39.8 Å². The van der Waals surface area contributed by atoms with E-state index in [0.29, 0.717) is 33.2 Å². The zero-order chi connectivity index (χ0) is 15.8. The minimum Gasteiger partial charge on any atom is -0.467 e. The van der Waals surface area contributed by atoms with Gasteiger partial charge in [-0.3, -0.25) is 0 Å². The van der Waals surface area contributed by atoms with E-state index in [1.807, 2.05) is 26.8 Å². The second-order valence-electron chi connectivity index (χ2n) is 5.03. The molecular weight excluding hydrogens is 300 g/mol. The van der Waals surface area contributed by atoms with E-state index in [4.69, 9.17) is 22.8 Å². The molecule has 2 rings (SSSR count). The Kier molecular flexibility index (Phi) is 6.85. The molecule has 1 aromatic rings. The summed E-state index contributed by atoms with van der Waals surface area (Å²) in [6.07, 6.45) is 0.861. The van der Waals surface area contributed by atoms with Gasteiger partial charge >= 0.3 is 8.80 Å². The van der Waals surface area contributed by atoms with Crippen LogP contribution in [0.15, 0.2) is 18.2 Å². The average molecular weight is 326 g/mol. The largest absolute Gasteiger partial charge is 0.501 e. The zero-order valence-corrected chi connectivity index (χ0v) is 14.7. The molecule has 0 spiro atoms. The molecule has 1 aliphatic heterocycles. The van der Waals surface area contributed by atoms with Crippen LogP contribution in [0.25, 0.3) is 0 Å². The molecule has 0 saturated heterocycles. The van der Waals surface area contributed by atoms with Gasteiger partial charge in [0.25, 0.3) is 0 Å². The van der Waals surface area contributed by atoms with Crippen LogP contribution >= 0.6 is 0 Å². The van der Waals surface area contributed by atoms with Crippen molar-refractivity contribution in [3.63, 3.8) is 0 Å². The molecule has 0 amide bonds. The first-order valence-electron chi connectivity index (χ1n) is 7.97. The highest BCUT2D eigenvalue weighted by molar-refractivity contribution is 6.60. The smallest absolute Gasteiger partial charge is 0.467 e. The number of benzene rings is 1. The molecule has 0 aromatic heterocycles. The van der Waals surface area contributed by atoms with Gasteiger partial charge in [-0.2, -0.15) is 0 Å². The van der Waals surface area contributed by atoms with Crippen LogP contribution in [0.1, 0.15) is 31.9 Å². The molecule has 0 aliphatic carbocycles. The van der Waals surface area contributed by atoms with E-state index in [1.165, 1.54) is 5.56 Å². The highest BCUT2D eigenvalue weighted by atomic mass is 28.4. The van der Waals surface area contributed by atoms with Crippen molar-refractivity contribution < 1.29 is 22.8 Å². The van der Waals surface area contributed by atoms with Gasteiger partial charge in [0.05, 0.1) is 6.61 Å². The summed E-state index contributed by atoms with van der Waals surface area (Å²) in [4.78, 5) is 0. The topological polar surface area (TPSA) is 46.2 Å². The first kappa shape index (κ1) is 17.4. The standard InChI is InChI=1S/C16H26O5Si/c1-4-19-22(20-5-2,21-6-3)10-9-14-7-8-16-15(11-14)12-17-13-18-16/h7-8,11H,4-6,9-10,12-13H2,1-3H3. The fourth-order valence-electron chi connectivity index (χ4n) is 2.60. The van der Waals surface area contributed by atoms with Crippen molar-refractivity contribution in [2.75, 3.05) is 26.6 Å².